The minimum atomic E-state index is -0.426. The van der Waals surface area contributed by atoms with Crippen LogP contribution in [0, 0.1) is 5.82 Å². The first kappa shape index (κ1) is 14.5. The smallest absolute Gasteiger partial charge is 0.221 e. The Morgan fingerprint density at radius 1 is 1.19 bits per heavy atom. The maximum atomic E-state index is 14.0. The van der Waals surface area contributed by atoms with Crippen LogP contribution in [0.25, 0.3) is 0 Å². The second-order valence-electron chi connectivity index (χ2n) is 4.85. The van der Waals surface area contributed by atoms with Gasteiger partial charge >= 0.3 is 0 Å². The van der Waals surface area contributed by atoms with Crippen molar-refractivity contribution in [2.75, 3.05) is 0 Å². The number of ether oxygens (including phenoxy) is 1. The maximum absolute atomic E-state index is 14.0. The Labute approximate surface area is 135 Å². The largest absolute Gasteiger partial charge is 0.472 e. The summed E-state index contributed by atoms with van der Waals surface area (Å²) in [6, 6.07) is 12.2. The van der Waals surface area contributed by atoms with Crippen LogP contribution in [-0.4, -0.2) is 12.0 Å². The number of aliphatic imine (C=N–C) groups is 1. The monoisotopic (exact) mass is 367 g/mol. The molecule has 2 aromatic rings. The summed E-state index contributed by atoms with van der Waals surface area (Å²) in [6.45, 7) is 1.91. The van der Waals surface area contributed by atoms with Gasteiger partial charge in [-0.1, -0.05) is 45.7 Å². The van der Waals surface area contributed by atoms with Gasteiger partial charge in [0.05, 0.1) is 10.6 Å². The molecule has 0 aliphatic carbocycles. The van der Waals surface area contributed by atoms with Crippen molar-refractivity contribution in [3.8, 4) is 0 Å². The van der Waals surface area contributed by atoms with Gasteiger partial charge in [0.2, 0.25) is 5.90 Å². The van der Waals surface area contributed by atoms with Gasteiger partial charge in [-0.25, -0.2) is 9.38 Å². The van der Waals surface area contributed by atoms with Crippen molar-refractivity contribution in [2.24, 2.45) is 4.99 Å². The zero-order valence-corrected chi connectivity index (χ0v) is 13.5. The van der Waals surface area contributed by atoms with Crippen molar-refractivity contribution < 1.29 is 9.13 Å². The molecule has 0 N–H and O–H groups in total. The van der Waals surface area contributed by atoms with Crippen LogP contribution in [0.5, 0.6) is 0 Å². The summed E-state index contributed by atoms with van der Waals surface area (Å²) in [6.07, 6.45) is -0.170. The van der Waals surface area contributed by atoms with E-state index in [-0.39, 0.29) is 23.6 Å². The van der Waals surface area contributed by atoms with Crippen molar-refractivity contribution in [2.45, 2.75) is 19.1 Å². The molecule has 0 saturated heterocycles. The average Bonchev–Trinajstić information content (AvgIpc) is 2.81. The van der Waals surface area contributed by atoms with Crippen LogP contribution in [0.3, 0.4) is 0 Å². The van der Waals surface area contributed by atoms with Gasteiger partial charge in [0.15, 0.2) is 0 Å². The third-order valence-corrected chi connectivity index (χ3v) is 4.23. The van der Waals surface area contributed by atoms with Gasteiger partial charge in [-0.05, 0) is 36.8 Å². The fraction of sp³-hybridized carbons (Fsp3) is 0.188. The Morgan fingerprint density at radius 2 is 1.90 bits per heavy atom. The van der Waals surface area contributed by atoms with E-state index in [4.69, 9.17) is 16.3 Å². The number of rotatable bonds is 2. The quantitative estimate of drug-likeness (QED) is 0.718. The van der Waals surface area contributed by atoms with E-state index >= 15 is 0 Å². The Hall–Kier alpha value is -1.39. The maximum Gasteiger partial charge on any atom is 0.221 e. The third kappa shape index (κ3) is 2.83. The zero-order valence-electron chi connectivity index (χ0n) is 11.2. The first-order chi connectivity index (χ1) is 10.1. The number of halogens is 3. The summed E-state index contributed by atoms with van der Waals surface area (Å²) in [5, 5.41) is 0.303. The van der Waals surface area contributed by atoms with E-state index in [0.717, 1.165) is 10.0 Å². The zero-order chi connectivity index (χ0) is 15.0. The number of hydrogen-bond donors (Lipinski definition) is 0. The fourth-order valence-electron chi connectivity index (χ4n) is 2.33. The van der Waals surface area contributed by atoms with Gasteiger partial charge in [-0.3, -0.25) is 0 Å². The van der Waals surface area contributed by atoms with Crippen LogP contribution < -0.4 is 0 Å². The van der Waals surface area contributed by atoms with Crippen molar-refractivity contribution in [3.63, 3.8) is 0 Å². The molecule has 3 rings (SSSR count). The number of benzene rings is 2. The fourth-order valence-corrected chi connectivity index (χ4v) is 2.84. The summed E-state index contributed by atoms with van der Waals surface area (Å²) < 4.78 is 20.7. The van der Waals surface area contributed by atoms with E-state index in [1.165, 1.54) is 6.07 Å². The van der Waals surface area contributed by atoms with Crippen LogP contribution in [0.4, 0.5) is 4.39 Å². The van der Waals surface area contributed by atoms with Gasteiger partial charge in [0.25, 0.3) is 0 Å². The summed E-state index contributed by atoms with van der Waals surface area (Å²) in [7, 11) is 0. The third-order valence-electron chi connectivity index (χ3n) is 3.39. The van der Waals surface area contributed by atoms with Crippen LogP contribution in [-0.2, 0) is 4.74 Å². The molecule has 0 spiro atoms. The Bertz CT molecular complexity index is 682. The lowest BCUT2D eigenvalue weighted by Gasteiger charge is -2.13. The van der Waals surface area contributed by atoms with E-state index < -0.39 is 5.82 Å². The second kappa shape index (κ2) is 5.78. The van der Waals surface area contributed by atoms with Crippen molar-refractivity contribution in [1.29, 1.82) is 0 Å². The highest BCUT2D eigenvalue weighted by Crippen LogP contribution is 2.33. The molecule has 1 aliphatic heterocycles. The van der Waals surface area contributed by atoms with Crippen molar-refractivity contribution in [3.05, 3.63) is 68.9 Å². The van der Waals surface area contributed by atoms with Gasteiger partial charge < -0.3 is 4.74 Å². The molecular formula is C16H12BrClFNO. The van der Waals surface area contributed by atoms with Gasteiger partial charge in [0, 0.05) is 4.47 Å². The molecule has 0 bridgehead atoms. The molecule has 0 radical (unpaired) electrons. The molecule has 0 aromatic heterocycles. The highest BCUT2D eigenvalue weighted by molar-refractivity contribution is 9.10. The lowest BCUT2D eigenvalue weighted by Crippen LogP contribution is -2.13. The molecule has 2 atom stereocenters. The normalized spacial score (nSPS) is 21.0. The topological polar surface area (TPSA) is 21.6 Å². The minimum absolute atomic E-state index is 0.163. The number of hydrogen-bond acceptors (Lipinski definition) is 2. The van der Waals surface area contributed by atoms with E-state index in [1.54, 1.807) is 12.1 Å². The molecule has 0 unspecified atom stereocenters. The lowest BCUT2D eigenvalue weighted by molar-refractivity contribution is 0.213. The minimum Gasteiger partial charge on any atom is -0.472 e. The first-order valence-corrected chi connectivity index (χ1v) is 7.67. The molecule has 5 heteroatoms. The average molecular weight is 369 g/mol. The van der Waals surface area contributed by atoms with Crippen molar-refractivity contribution in [1.82, 2.24) is 0 Å². The molecule has 108 valence electrons. The highest BCUT2D eigenvalue weighted by atomic mass is 79.9. The van der Waals surface area contributed by atoms with Gasteiger partial charge in [0.1, 0.15) is 18.0 Å². The predicted octanol–water partition coefficient (Wildman–Crippen LogP) is 5.15. The summed E-state index contributed by atoms with van der Waals surface area (Å²) in [5.41, 5.74) is 1.25. The first-order valence-electron chi connectivity index (χ1n) is 6.50. The van der Waals surface area contributed by atoms with Crippen LogP contribution >= 0.6 is 27.5 Å². The SMILES string of the molecule is C[C@H]1OC(c2c(F)cccc2Cl)=N[C@@H]1c1ccc(Br)cc1. The second-order valence-corrected chi connectivity index (χ2v) is 6.17. The Morgan fingerprint density at radius 3 is 2.57 bits per heavy atom. The van der Waals surface area contributed by atoms with Crippen LogP contribution in [0.15, 0.2) is 51.9 Å². The standard InChI is InChI=1S/C16H12BrClFNO/c1-9-15(10-5-7-11(17)8-6-10)20-16(21-9)14-12(18)3-2-4-13(14)19/h2-9,15H,1H3/t9-,15+/m1/s1. The van der Waals surface area contributed by atoms with Crippen LogP contribution in [0.1, 0.15) is 24.1 Å². The van der Waals surface area contributed by atoms with Crippen molar-refractivity contribution >= 4 is 33.4 Å². The Kier molecular flexibility index (Phi) is 4.00. The Balaban J connectivity index is 1.99. The van der Waals surface area contributed by atoms with Gasteiger partial charge in [-0.15, -0.1) is 0 Å². The van der Waals surface area contributed by atoms with E-state index in [2.05, 4.69) is 20.9 Å². The molecule has 0 saturated carbocycles. The van der Waals surface area contributed by atoms with E-state index in [1.807, 2.05) is 31.2 Å². The molecule has 2 aromatic carbocycles. The van der Waals surface area contributed by atoms with Crippen LogP contribution in [0.2, 0.25) is 5.02 Å². The molecular weight excluding hydrogens is 357 g/mol. The summed E-state index contributed by atoms with van der Waals surface area (Å²) in [4.78, 5) is 4.52. The molecule has 0 amide bonds. The van der Waals surface area contributed by atoms with E-state index in [9.17, 15) is 4.39 Å². The molecule has 1 aliphatic rings. The van der Waals surface area contributed by atoms with Gasteiger partial charge in [-0.2, -0.15) is 0 Å². The molecule has 2 nitrogen and oxygen atoms in total. The van der Waals surface area contributed by atoms with E-state index in [0.29, 0.717) is 5.02 Å². The lowest BCUT2D eigenvalue weighted by atomic mass is 10.0. The summed E-state index contributed by atoms with van der Waals surface area (Å²) >= 11 is 9.47. The summed E-state index contributed by atoms with van der Waals surface area (Å²) in [5.74, 6) is -0.163. The molecule has 1 heterocycles. The predicted molar refractivity (Wildman–Crippen MR) is 85.4 cm³/mol. The highest BCUT2D eigenvalue weighted by Gasteiger charge is 2.31. The molecule has 0 fully saturated rings. The molecule has 21 heavy (non-hydrogen) atoms. The number of nitrogens with zero attached hydrogens (tertiary/aromatic N) is 1.